The lowest BCUT2D eigenvalue weighted by molar-refractivity contribution is 0.0859. The van der Waals surface area contributed by atoms with Crippen LogP contribution in [0.2, 0.25) is 0 Å². The summed E-state index contributed by atoms with van der Waals surface area (Å²) in [7, 11) is 0. The van der Waals surface area contributed by atoms with E-state index in [-0.39, 0.29) is 0 Å². The van der Waals surface area contributed by atoms with E-state index in [0.29, 0.717) is 0 Å². The molecule has 0 amide bonds. The van der Waals surface area contributed by atoms with E-state index in [9.17, 15) is 0 Å². The summed E-state index contributed by atoms with van der Waals surface area (Å²) in [4.78, 5) is 5.34. The van der Waals surface area contributed by atoms with Gasteiger partial charge in [0.25, 0.3) is 0 Å². The highest BCUT2D eigenvalue weighted by Crippen LogP contribution is 2.20. The van der Waals surface area contributed by atoms with Gasteiger partial charge in [0.2, 0.25) is 0 Å². The number of hydrogen-bond donors (Lipinski definition) is 1. The van der Waals surface area contributed by atoms with E-state index in [4.69, 9.17) is 0 Å². The number of likely N-dealkylation sites (tertiary alicyclic amines) is 1. The molecule has 3 heteroatoms. The summed E-state index contributed by atoms with van der Waals surface area (Å²) < 4.78 is 0. The molecule has 2 heterocycles. The molecule has 2 rings (SSSR count). The SMILES string of the molecule is CCN1CCC(N(CC)C2CCNC2)CC1. The molecule has 16 heavy (non-hydrogen) atoms. The highest BCUT2D eigenvalue weighted by atomic mass is 15.2. The van der Waals surface area contributed by atoms with Crippen LogP contribution < -0.4 is 5.32 Å². The molecule has 0 aromatic heterocycles. The molecule has 0 spiro atoms. The van der Waals surface area contributed by atoms with E-state index in [1.54, 1.807) is 0 Å². The summed E-state index contributed by atoms with van der Waals surface area (Å²) in [6.45, 7) is 12.1. The molecule has 2 saturated heterocycles. The highest BCUT2D eigenvalue weighted by Gasteiger charge is 2.29. The van der Waals surface area contributed by atoms with Gasteiger partial charge in [-0.2, -0.15) is 0 Å². The fourth-order valence-corrected chi connectivity index (χ4v) is 3.30. The Morgan fingerprint density at radius 2 is 1.88 bits per heavy atom. The quantitative estimate of drug-likeness (QED) is 0.774. The summed E-state index contributed by atoms with van der Waals surface area (Å²) in [5.74, 6) is 0. The van der Waals surface area contributed by atoms with Crippen molar-refractivity contribution < 1.29 is 0 Å². The number of piperidine rings is 1. The Kier molecular flexibility index (Phi) is 4.62. The predicted octanol–water partition coefficient (Wildman–Crippen LogP) is 1.15. The lowest BCUT2D eigenvalue weighted by Gasteiger charge is -2.40. The van der Waals surface area contributed by atoms with Crippen LogP contribution in [0.3, 0.4) is 0 Å². The summed E-state index contributed by atoms with van der Waals surface area (Å²) in [6.07, 6.45) is 4.10. The average Bonchev–Trinajstić information content (AvgIpc) is 2.85. The van der Waals surface area contributed by atoms with Gasteiger partial charge in [0.15, 0.2) is 0 Å². The van der Waals surface area contributed by atoms with Gasteiger partial charge in [-0.3, -0.25) is 4.90 Å². The Hall–Kier alpha value is -0.120. The van der Waals surface area contributed by atoms with Crippen molar-refractivity contribution >= 4 is 0 Å². The van der Waals surface area contributed by atoms with Crippen molar-refractivity contribution in [3.8, 4) is 0 Å². The van der Waals surface area contributed by atoms with Gasteiger partial charge in [-0.1, -0.05) is 13.8 Å². The van der Waals surface area contributed by atoms with Crippen molar-refractivity contribution in [1.29, 1.82) is 0 Å². The largest absolute Gasteiger partial charge is 0.315 e. The number of hydrogen-bond acceptors (Lipinski definition) is 3. The van der Waals surface area contributed by atoms with E-state index < -0.39 is 0 Å². The van der Waals surface area contributed by atoms with Crippen LogP contribution >= 0.6 is 0 Å². The Labute approximate surface area is 100 Å². The number of nitrogens with zero attached hydrogens (tertiary/aromatic N) is 2. The number of likely N-dealkylation sites (N-methyl/N-ethyl adjacent to an activating group) is 1. The molecule has 94 valence electrons. The van der Waals surface area contributed by atoms with Crippen LogP contribution in [0.1, 0.15) is 33.1 Å². The van der Waals surface area contributed by atoms with Gasteiger partial charge in [-0.25, -0.2) is 0 Å². The minimum Gasteiger partial charge on any atom is -0.315 e. The molecular formula is C13H27N3. The van der Waals surface area contributed by atoms with Crippen molar-refractivity contribution in [2.75, 3.05) is 39.3 Å². The summed E-state index contributed by atoms with van der Waals surface area (Å²) >= 11 is 0. The zero-order chi connectivity index (χ0) is 11.4. The third kappa shape index (κ3) is 2.76. The minimum absolute atomic E-state index is 0.808. The molecule has 2 aliphatic heterocycles. The fraction of sp³-hybridized carbons (Fsp3) is 1.00. The smallest absolute Gasteiger partial charge is 0.0235 e. The molecule has 2 fully saturated rings. The predicted molar refractivity (Wildman–Crippen MR) is 68.8 cm³/mol. The summed E-state index contributed by atoms with van der Waals surface area (Å²) in [5, 5.41) is 3.49. The van der Waals surface area contributed by atoms with Crippen molar-refractivity contribution in [2.45, 2.75) is 45.2 Å². The lowest BCUT2D eigenvalue weighted by Crippen LogP contribution is -2.49. The van der Waals surface area contributed by atoms with E-state index in [2.05, 4.69) is 29.0 Å². The molecule has 1 N–H and O–H groups in total. The van der Waals surface area contributed by atoms with Crippen LogP contribution in [0.25, 0.3) is 0 Å². The summed E-state index contributed by atoms with van der Waals surface area (Å²) in [5.41, 5.74) is 0. The van der Waals surface area contributed by atoms with E-state index in [1.807, 2.05) is 0 Å². The Morgan fingerprint density at radius 3 is 2.38 bits per heavy atom. The molecule has 3 nitrogen and oxygen atoms in total. The maximum Gasteiger partial charge on any atom is 0.0235 e. The molecule has 0 aliphatic carbocycles. The van der Waals surface area contributed by atoms with Crippen LogP contribution in [0.15, 0.2) is 0 Å². The maximum atomic E-state index is 3.49. The van der Waals surface area contributed by atoms with E-state index in [0.717, 1.165) is 12.1 Å². The highest BCUT2D eigenvalue weighted by molar-refractivity contribution is 4.87. The molecule has 1 atom stereocenters. The fourth-order valence-electron chi connectivity index (χ4n) is 3.30. The second kappa shape index (κ2) is 5.99. The van der Waals surface area contributed by atoms with E-state index in [1.165, 1.54) is 58.5 Å². The van der Waals surface area contributed by atoms with Gasteiger partial charge >= 0.3 is 0 Å². The molecule has 0 bridgehead atoms. The third-order valence-corrected chi connectivity index (χ3v) is 4.34. The second-order valence-corrected chi connectivity index (χ2v) is 5.14. The van der Waals surface area contributed by atoms with Crippen molar-refractivity contribution in [1.82, 2.24) is 15.1 Å². The Balaban J connectivity index is 1.85. The van der Waals surface area contributed by atoms with Crippen LogP contribution in [-0.2, 0) is 0 Å². The first-order valence-electron chi connectivity index (χ1n) is 7.04. The first-order valence-corrected chi connectivity index (χ1v) is 7.04. The Morgan fingerprint density at radius 1 is 1.12 bits per heavy atom. The van der Waals surface area contributed by atoms with Crippen LogP contribution in [-0.4, -0.2) is 61.2 Å². The monoisotopic (exact) mass is 225 g/mol. The van der Waals surface area contributed by atoms with Crippen LogP contribution in [0, 0.1) is 0 Å². The number of rotatable bonds is 4. The molecule has 0 saturated carbocycles. The first kappa shape index (κ1) is 12.3. The Bertz CT molecular complexity index is 193. The van der Waals surface area contributed by atoms with Gasteiger partial charge < -0.3 is 10.2 Å². The van der Waals surface area contributed by atoms with Crippen LogP contribution in [0.5, 0.6) is 0 Å². The molecule has 2 aliphatic rings. The number of nitrogens with one attached hydrogen (secondary N) is 1. The molecule has 0 aromatic carbocycles. The zero-order valence-electron chi connectivity index (χ0n) is 10.9. The van der Waals surface area contributed by atoms with Gasteiger partial charge in [0.1, 0.15) is 0 Å². The molecular weight excluding hydrogens is 198 g/mol. The van der Waals surface area contributed by atoms with Gasteiger partial charge in [0.05, 0.1) is 0 Å². The van der Waals surface area contributed by atoms with Crippen molar-refractivity contribution in [3.05, 3.63) is 0 Å². The molecule has 0 aromatic rings. The average molecular weight is 225 g/mol. The normalized spacial score (nSPS) is 29.1. The first-order chi connectivity index (χ1) is 7.85. The van der Waals surface area contributed by atoms with Crippen molar-refractivity contribution in [2.24, 2.45) is 0 Å². The van der Waals surface area contributed by atoms with Gasteiger partial charge in [-0.15, -0.1) is 0 Å². The summed E-state index contributed by atoms with van der Waals surface area (Å²) in [6, 6.07) is 1.65. The molecule has 1 unspecified atom stereocenters. The van der Waals surface area contributed by atoms with Crippen LogP contribution in [0.4, 0.5) is 0 Å². The van der Waals surface area contributed by atoms with Gasteiger partial charge in [0, 0.05) is 18.6 Å². The topological polar surface area (TPSA) is 18.5 Å². The second-order valence-electron chi connectivity index (χ2n) is 5.14. The van der Waals surface area contributed by atoms with Gasteiger partial charge in [-0.05, 0) is 52.0 Å². The van der Waals surface area contributed by atoms with Crippen molar-refractivity contribution in [3.63, 3.8) is 0 Å². The third-order valence-electron chi connectivity index (χ3n) is 4.34. The molecule has 0 radical (unpaired) electrons. The zero-order valence-corrected chi connectivity index (χ0v) is 10.9. The maximum absolute atomic E-state index is 3.49. The minimum atomic E-state index is 0.808. The van der Waals surface area contributed by atoms with E-state index >= 15 is 0 Å². The standard InChI is InChI=1S/C13H27N3/c1-3-15-9-6-12(7-10-15)16(4-2)13-5-8-14-11-13/h12-14H,3-11H2,1-2H3. The lowest BCUT2D eigenvalue weighted by atomic mass is 10.0.